The minimum atomic E-state index is -0.315. The van der Waals surface area contributed by atoms with Crippen LogP contribution in [0, 0.1) is 0 Å². The molecule has 0 bridgehead atoms. The van der Waals surface area contributed by atoms with E-state index in [0.717, 1.165) is 5.30 Å². The van der Waals surface area contributed by atoms with Gasteiger partial charge in [0.2, 0.25) is 0 Å². The van der Waals surface area contributed by atoms with Crippen molar-refractivity contribution in [2.75, 3.05) is 0 Å². The summed E-state index contributed by atoms with van der Waals surface area (Å²) in [6.07, 6.45) is 0. The van der Waals surface area contributed by atoms with Crippen LogP contribution >= 0.6 is 55.6 Å². The number of rotatable bonds is 2. The van der Waals surface area contributed by atoms with Crippen LogP contribution in [-0.2, 0) is 0 Å². The summed E-state index contributed by atoms with van der Waals surface area (Å²) in [4.78, 5) is 12.5. The molecule has 2 aromatic rings. The summed E-state index contributed by atoms with van der Waals surface area (Å²) in [5.74, 6) is -0.315. The van der Waals surface area contributed by atoms with E-state index in [1.807, 2.05) is 6.07 Å². The van der Waals surface area contributed by atoms with E-state index < -0.39 is 0 Å². The molecule has 0 N–H and O–H groups in total. The monoisotopic (exact) mass is 358 g/mol. The molecule has 0 heterocycles. The van der Waals surface area contributed by atoms with Gasteiger partial charge in [0, 0.05) is 5.56 Å². The number of carbonyl (C=O) groups is 1. The topological polar surface area (TPSA) is 17.1 Å². The Kier molecular flexibility index (Phi) is 6.90. The SMILES string of the molecule is O=C(c1ccccc1P)c1c(Cl)c(Cl)cc(Cl)c1Cl.[H-].[Li+]. The zero-order valence-corrected chi connectivity index (χ0v) is 14.6. The molecular formula is C13H8Cl4LiOP. The van der Waals surface area contributed by atoms with Gasteiger partial charge in [-0.3, -0.25) is 4.79 Å². The zero-order chi connectivity index (χ0) is 14.2. The number of ketones is 1. The maximum Gasteiger partial charge on any atom is 1.00 e. The average molecular weight is 360 g/mol. The predicted molar refractivity (Wildman–Crippen MR) is 86.8 cm³/mol. The summed E-state index contributed by atoms with van der Waals surface area (Å²) in [5.41, 5.74) is 0.602. The maximum atomic E-state index is 12.5. The fourth-order valence-corrected chi connectivity index (χ4v) is 2.93. The molecule has 0 radical (unpaired) electrons. The second-order valence-corrected chi connectivity index (χ2v) is 5.95. The molecule has 0 aliphatic carbocycles. The Hall–Kier alpha value is 0.297. The van der Waals surface area contributed by atoms with Crippen LogP contribution in [0.15, 0.2) is 30.3 Å². The molecule has 1 nitrogen and oxygen atoms in total. The van der Waals surface area contributed by atoms with Crippen molar-refractivity contribution in [2.45, 2.75) is 0 Å². The van der Waals surface area contributed by atoms with Crippen molar-refractivity contribution >= 4 is 66.7 Å². The van der Waals surface area contributed by atoms with Gasteiger partial charge in [0.05, 0.1) is 25.7 Å². The van der Waals surface area contributed by atoms with E-state index in [1.54, 1.807) is 18.2 Å². The Bertz CT molecular complexity index is 655. The predicted octanol–water partition coefficient (Wildman–Crippen LogP) is 2.15. The molecule has 7 heteroatoms. The Morgan fingerprint density at radius 2 is 1.50 bits per heavy atom. The molecule has 0 saturated carbocycles. The van der Waals surface area contributed by atoms with E-state index in [-0.39, 0.29) is 51.7 Å². The van der Waals surface area contributed by atoms with Crippen LogP contribution in [-0.4, -0.2) is 5.78 Å². The second kappa shape index (κ2) is 7.53. The van der Waals surface area contributed by atoms with Gasteiger partial charge in [-0.2, -0.15) is 0 Å². The average Bonchev–Trinajstić information content (AvgIpc) is 2.37. The molecule has 0 aromatic heterocycles. The molecule has 0 spiro atoms. The molecule has 0 aliphatic rings. The minimum Gasteiger partial charge on any atom is -1.00 e. The second-order valence-electron chi connectivity index (χ2n) is 3.76. The first-order chi connectivity index (χ1) is 8.93. The molecule has 0 saturated heterocycles. The summed E-state index contributed by atoms with van der Waals surface area (Å²) in [6.45, 7) is 0. The van der Waals surface area contributed by atoms with Crippen LogP contribution in [0.1, 0.15) is 17.3 Å². The number of halogens is 4. The Morgan fingerprint density at radius 1 is 1.00 bits per heavy atom. The fourth-order valence-electron chi connectivity index (χ4n) is 1.61. The summed E-state index contributed by atoms with van der Waals surface area (Å²) in [7, 11) is 2.49. The largest absolute Gasteiger partial charge is 1.00 e. The molecule has 0 amide bonds. The number of hydrogen-bond acceptors (Lipinski definition) is 1. The van der Waals surface area contributed by atoms with E-state index in [0.29, 0.717) is 5.56 Å². The molecule has 2 aromatic carbocycles. The molecule has 0 aliphatic heterocycles. The third kappa shape index (κ3) is 3.55. The first-order valence-corrected chi connectivity index (χ1v) is 7.24. The number of carbonyl (C=O) groups excluding carboxylic acids is 1. The van der Waals surface area contributed by atoms with Gasteiger partial charge >= 0.3 is 18.9 Å². The fraction of sp³-hybridized carbons (Fsp3) is 0. The van der Waals surface area contributed by atoms with E-state index in [4.69, 9.17) is 46.4 Å². The molecule has 1 atom stereocenters. The van der Waals surface area contributed by atoms with Crippen molar-refractivity contribution in [1.82, 2.24) is 0 Å². The first kappa shape index (κ1) is 18.3. The number of benzene rings is 2. The third-order valence-electron chi connectivity index (χ3n) is 2.54. The van der Waals surface area contributed by atoms with Gasteiger partial charge in [-0.1, -0.05) is 70.7 Å². The summed E-state index contributed by atoms with van der Waals surface area (Å²) < 4.78 is 0. The van der Waals surface area contributed by atoms with E-state index >= 15 is 0 Å². The summed E-state index contributed by atoms with van der Waals surface area (Å²) >= 11 is 24.0. The van der Waals surface area contributed by atoms with Gasteiger partial charge in [0.1, 0.15) is 0 Å². The van der Waals surface area contributed by atoms with Crippen molar-refractivity contribution in [3.05, 3.63) is 61.5 Å². The van der Waals surface area contributed by atoms with Crippen molar-refractivity contribution < 1.29 is 25.1 Å². The molecular weight excluding hydrogens is 352 g/mol. The standard InChI is InChI=1S/C13H7Cl4OP.Li.H/c14-7-5-8(15)12(17)10(11(7)16)13(18)6-3-1-2-4-9(6)19;;/h1-5H,19H2;;/q;+1;-1. The van der Waals surface area contributed by atoms with Gasteiger partial charge in [-0.15, -0.1) is 9.24 Å². The Morgan fingerprint density at radius 3 is 2.00 bits per heavy atom. The maximum absolute atomic E-state index is 12.5. The van der Waals surface area contributed by atoms with Gasteiger partial charge in [-0.05, 0) is 11.4 Å². The number of hydrogen-bond donors (Lipinski definition) is 0. The van der Waals surface area contributed by atoms with Crippen LogP contribution < -0.4 is 24.2 Å². The molecule has 100 valence electrons. The Balaban J connectivity index is 0.00000200. The molecule has 2 rings (SSSR count). The summed E-state index contributed by atoms with van der Waals surface area (Å²) in [6, 6.07) is 8.48. The van der Waals surface area contributed by atoms with Gasteiger partial charge < -0.3 is 1.43 Å². The van der Waals surface area contributed by atoms with Crippen LogP contribution in [0.5, 0.6) is 0 Å². The Labute approximate surface area is 152 Å². The van der Waals surface area contributed by atoms with E-state index in [9.17, 15) is 4.79 Å². The van der Waals surface area contributed by atoms with Crippen molar-refractivity contribution in [2.24, 2.45) is 0 Å². The third-order valence-corrected chi connectivity index (χ3v) is 4.62. The van der Waals surface area contributed by atoms with Crippen molar-refractivity contribution in [3.63, 3.8) is 0 Å². The van der Waals surface area contributed by atoms with Crippen LogP contribution in [0.25, 0.3) is 0 Å². The van der Waals surface area contributed by atoms with E-state index in [1.165, 1.54) is 6.07 Å². The normalized spacial score (nSPS) is 10.1. The molecule has 0 fully saturated rings. The van der Waals surface area contributed by atoms with Crippen LogP contribution in [0.4, 0.5) is 0 Å². The van der Waals surface area contributed by atoms with Gasteiger partial charge in [-0.25, -0.2) is 0 Å². The summed E-state index contributed by atoms with van der Waals surface area (Å²) in [5, 5.41) is 1.35. The van der Waals surface area contributed by atoms with Crippen LogP contribution in [0.2, 0.25) is 20.1 Å². The zero-order valence-electron chi connectivity index (χ0n) is 11.4. The molecule has 1 unspecified atom stereocenters. The molecule has 20 heavy (non-hydrogen) atoms. The van der Waals surface area contributed by atoms with Gasteiger partial charge in [0.25, 0.3) is 0 Å². The van der Waals surface area contributed by atoms with Crippen molar-refractivity contribution in [1.29, 1.82) is 0 Å². The van der Waals surface area contributed by atoms with Crippen LogP contribution in [0.3, 0.4) is 0 Å². The quantitative estimate of drug-likeness (QED) is 0.347. The van der Waals surface area contributed by atoms with Gasteiger partial charge in [0.15, 0.2) is 5.78 Å². The minimum absolute atomic E-state index is 0. The van der Waals surface area contributed by atoms with Crippen molar-refractivity contribution in [3.8, 4) is 0 Å². The smallest absolute Gasteiger partial charge is 1.00 e. The van der Waals surface area contributed by atoms with E-state index in [2.05, 4.69) is 9.24 Å². The first-order valence-electron chi connectivity index (χ1n) is 5.15.